The van der Waals surface area contributed by atoms with Gasteiger partial charge in [0, 0.05) is 16.2 Å². The normalized spacial score (nSPS) is 12.9. The van der Waals surface area contributed by atoms with E-state index in [-0.39, 0.29) is 11.3 Å². The van der Waals surface area contributed by atoms with E-state index in [0.717, 1.165) is 4.88 Å². The Morgan fingerprint density at radius 1 is 1.61 bits per heavy atom. The van der Waals surface area contributed by atoms with Crippen molar-refractivity contribution in [1.29, 1.82) is 0 Å². The van der Waals surface area contributed by atoms with Crippen LogP contribution in [0.5, 0.6) is 0 Å². The van der Waals surface area contributed by atoms with Gasteiger partial charge in [-0.15, -0.1) is 23.7 Å². The Kier molecular flexibility index (Phi) is 4.51. The Balaban J connectivity index is 3.05. The summed E-state index contributed by atoms with van der Waals surface area (Å²) in [5, 5.41) is 8.87. The van der Waals surface area contributed by atoms with Crippen molar-refractivity contribution in [3.8, 4) is 12.3 Å². The molecule has 1 atom stereocenters. The monoisotopic (exact) mass is 287 g/mol. The molecule has 1 rings (SSSR count). The van der Waals surface area contributed by atoms with Gasteiger partial charge in [0.05, 0.1) is 4.90 Å². The van der Waals surface area contributed by atoms with Crippen LogP contribution >= 0.6 is 11.3 Å². The molecular weight excluding hydrogens is 274 g/mol. The van der Waals surface area contributed by atoms with Gasteiger partial charge in [-0.3, -0.25) is 4.79 Å². The van der Waals surface area contributed by atoms with E-state index in [1.165, 1.54) is 17.4 Å². The number of nitrogens with one attached hydrogen (secondary N) is 1. The number of terminal acetylenes is 1. The van der Waals surface area contributed by atoms with Gasteiger partial charge in [0.25, 0.3) is 0 Å². The van der Waals surface area contributed by atoms with Crippen LogP contribution in [0.3, 0.4) is 0 Å². The summed E-state index contributed by atoms with van der Waals surface area (Å²) in [7, 11) is -3.85. The molecule has 1 heterocycles. The highest BCUT2D eigenvalue weighted by molar-refractivity contribution is 7.89. The molecule has 0 aliphatic heterocycles. The summed E-state index contributed by atoms with van der Waals surface area (Å²) in [5.41, 5.74) is 0. The maximum atomic E-state index is 12.0. The minimum atomic E-state index is -3.85. The topological polar surface area (TPSA) is 83.5 Å². The first kappa shape index (κ1) is 14.7. The number of rotatable bonds is 5. The van der Waals surface area contributed by atoms with E-state index in [9.17, 15) is 13.2 Å². The molecule has 5 nitrogen and oxygen atoms in total. The van der Waals surface area contributed by atoms with E-state index in [1.807, 2.05) is 0 Å². The second-order valence-electron chi connectivity index (χ2n) is 3.70. The number of carboxylic acids is 1. The zero-order valence-electron chi connectivity index (χ0n) is 9.93. The molecule has 0 bridgehead atoms. The van der Waals surface area contributed by atoms with Gasteiger partial charge in [0.1, 0.15) is 6.04 Å². The Morgan fingerprint density at radius 3 is 2.61 bits per heavy atom. The van der Waals surface area contributed by atoms with Crippen molar-refractivity contribution in [1.82, 2.24) is 4.72 Å². The van der Waals surface area contributed by atoms with Gasteiger partial charge < -0.3 is 5.11 Å². The highest BCUT2D eigenvalue weighted by Gasteiger charge is 2.26. The van der Waals surface area contributed by atoms with Crippen molar-refractivity contribution in [3.05, 3.63) is 15.8 Å². The molecule has 0 aliphatic carbocycles. The molecule has 1 aromatic heterocycles. The summed E-state index contributed by atoms with van der Waals surface area (Å²) in [6.07, 6.45) is 4.81. The van der Waals surface area contributed by atoms with Gasteiger partial charge in [-0.05, 0) is 19.9 Å². The molecule has 0 aromatic carbocycles. The highest BCUT2D eigenvalue weighted by atomic mass is 32.2. The Hall–Kier alpha value is -1.36. The minimum Gasteiger partial charge on any atom is -0.480 e. The van der Waals surface area contributed by atoms with Crippen LogP contribution in [-0.4, -0.2) is 25.5 Å². The molecule has 0 saturated heterocycles. The second-order valence-corrected chi connectivity index (χ2v) is 6.84. The molecule has 0 saturated carbocycles. The number of hydrogen-bond acceptors (Lipinski definition) is 4. The van der Waals surface area contributed by atoms with Crippen LogP contribution in [0.1, 0.15) is 16.2 Å². The van der Waals surface area contributed by atoms with E-state index in [4.69, 9.17) is 11.5 Å². The average molecular weight is 287 g/mol. The summed E-state index contributed by atoms with van der Waals surface area (Å²) in [6, 6.07) is 0.205. The van der Waals surface area contributed by atoms with Crippen LogP contribution in [0, 0.1) is 26.2 Å². The van der Waals surface area contributed by atoms with Crippen molar-refractivity contribution in [2.45, 2.75) is 31.2 Å². The number of aryl methyl sites for hydroxylation is 2. The first-order chi connectivity index (χ1) is 8.27. The first-order valence-corrected chi connectivity index (χ1v) is 7.33. The molecule has 18 heavy (non-hydrogen) atoms. The molecular formula is C11H13NO4S2. The number of sulfonamides is 1. The van der Waals surface area contributed by atoms with Crippen LogP contribution < -0.4 is 4.72 Å². The molecule has 98 valence electrons. The highest BCUT2D eigenvalue weighted by Crippen LogP contribution is 2.25. The third-order valence-corrected chi connectivity index (χ3v) is 4.90. The smallest absolute Gasteiger partial charge is 0.322 e. The lowest BCUT2D eigenvalue weighted by Crippen LogP contribution is -2.40. The van der Waals surface area contributed by atoms with Crippen LogP contribution in [0.4, 0.5) is 0 Å². The maximum Gasteiger partial charge on any atom is 0.322 e. The van der Waals surface area contributed by atoms with Crippen LogP contribution in [0.2, 0.25) is 0 Å². The van der Waals surface area contributed by atoms with Gasteiger partial charge in [-0.2, -0.15) is 4.72 Å². The zero-order chi connectivity index (χ0) is 13.9. The molecule has 0 amide bonds. The third kappa shape index (κ3) is 3.32. The lowest BCUT2D eigenvalue weighted by atomic mass is 10.2. The number of carboxylic acid groups (broad SMARTS) is 1. The standard InChI is InChI=1S/C11H13NO4S2/c1-4-5-9(11(13)14)12-18(15,16)10-6-7(2)17-8(10)3/h1,6,9,12H,5H2,2-3H3,(H,13,14). The molecule has 0 radical (unpaired) electrons. The lowest BCUT2D eigenvalue weighted by Gasteiger charge is -2.11. The van der Waals surface area contributed by atoms with E-state index in [0.29, 0.717) is 4.88 Å². The van der Waals surface area contributed by atoms with E-state index < -0.39 is 22.0 Å². The summed E-state index contributed by atoms with van der Waals surface area (Å²) < 4.78 is 26.1. The molecule has 1 aromatic rings. The number of carbonyl (C=O) groups is 1. The van der Waals surface area contributed by atoms with Crippen molar-refractivity contribution < 1.29 is 18.3 Å². The fourth-order valence-corrected chi connectivity index (χ4v) is 4.17. The molecule has 7 heteroatoms. The molecule has 2 N–H and O–H groups in total. The third-order valence-electron chi connectivity index (χ3n) is 2.20. The van der Waals surface area contributed by atoms with Gasteiger partial charge in [-0.25, -0.2) is 8.42 Å². The average Bonchev–Trinajstić information content (AvgIpc) is 2.57. The second kappa shape index (κ2) is 5.52. The van der Waals surface area contributed by atoms with Crippen LogP contribution in [0.15, 0.2) is 11.0 Å². The lowest BCUT2D eigenvalue weighted by molar-refractivity contribution is -0.138. The number of aliphatic carboxylic acids is 1. The van der Waals surface area contributed by atoms with Gasteiger partial charge >= 0.3 is 5.97 Å². The molecule has 1 unspecified atom stereocenters. The van der Waals surface area contributed by atoms with E-state index in [1.54, 1.807) is 13.8 Å². The van der Waals surface area contributed by atoms with Crippen molar-refractivity contribution in [2.75, 3.05) is 0 Å². The van der Waals surface area contributed by atoms with Gasteiger partial charge in [-0.1, -0.05) is 0 Å². The zero-order valence-corrected chi connectivity index (χ0v) is 11.6. The van der Waals surface area contributed by atoms with Crippen molar-refractivity contribution in [3.63, 3.8) is 0 Å². The predicted octanol–water partition coefficient (Wildman–Crippen LogP) is 1.12. The molecule has 0 aliphatic rings. The van der Waals surface area contributed by atoms with Crippen molar-refractivity contribution in [2.24, 2.45) is 0 Å². The molecule has 0 fully saturated rings. The van der Waals surface area contributed by atoms with Gasteiger partial charge in [0.15, 0.2) is 0 Å². The quantitative estimate of drug-likeness (QED) is 0.795. The van der Waals surface area contributed by atoms with E-state index in [2.05, 4.69) is 10.6 Å². The Bertz CT molecular complexity index is 595. The Morgan fingerprint density at radius 2 is 2.22 bits per heavy atom. The SMILES string of the molecule is C#CCC(NS(=O)(=O)c1cc(C)sc1C)C(=O)O. The maximum absolute atomic E-state index is 12.0. The predicted molar refractivity (Wildman–Crippen MR) is 69.0 cm³/mol. The number of thiophene rings is 1. The van der Waals surface area contributed by atoms with Gasteiger partial charge in [0.2, 0.25) is 10.0 Å². The van der Waals surface area contributed by atoms with Crippen LogP contribution in [-0.2, 0) is 14.8 Å². The fraction of sp³-hybridized carbons (Fsp3) is 0.364. The summed E-state index contributed by atoms with van der Waals surface area (Å²) >= 11 is 1.34. The van der Waals surface area contributed by atoms with E-state index >= 15 is 0 Å². The minimum absolute atomic E-state index is 0.105. The number of hydrogen-bond donors (Lipinski definition) is 2. The van der Waals surface area contributed by atoms with Crippen molar-refractivity contribution >= 4 is 27.3 Å². The summed E-state index contributed by atoms with van der Waals surface area (Å²) in [5.74, 6) is 0.847. The van der Waals surface area contributed by atoms with Crippen LogP contribution in [0.25, 0.3) is 0 Å². The summed E-state index contributed by atoms with van der Waals surface area (Å²) in [4.78, 5) is 12.4. The largest absolute Gasteiger partial charge is 0.480 e. The first-order valence-electron chi connectivity index (χ1n) is 5.03. The Labute approximate surface area is 110 Å². The summed E-state index contributed by atoms with van der Waals surface area (Å²) in [6.45, 7) is 3.45. The molecule has 0 spiro atoms. The fourth-order valence-electron chi connectivity index (χ4n) is 1.42.